The molecule has 1 saturated heterocycles. The molecule has 3 nitrogen and oxygen atoms in total. The molecule has 1 aromatic carbocycles. The van der Waals surface area contributed by atoms with E-state index in [0.29, 0.717) is 30.0 Å². The summed E-state index contributed by atoms with van der Waals surface area (Å²) in [5, 5.41) is 3.48. The molecule has 0 radical (unpaired) electrons. The number of benzene rings is 1. The highest BCUT2D eigenvalue weighted by molar-refractivity contribution is 5.89. The molecule has 2 fully saturated rings. The summed E-state index contributed by atoms with van der Waals surface area (Å²) in [4.78, 5) is 11.8. The number of halogens is 1. The largest absolute Gasteiger partial charge is 0.462 e. The third-order valence-corrected chi connectivity index (χ3v) is 4.03. The highest BCUT2D eigenvalue weighted by Crippen LogP contribution is 2.37. The Bertz CT molecular complexity index is 390. The van der Waals surface area contributed by atoms with Crippen molar-refractivity contribution in [2.45, 2.75) is 18.9 Å². The van der Waals surface area contributed by atoms with E-state index in [2.05, 4.69) is 5.32 Å². The van der Waals surface area contributed by atoms with Gasteiger partial charge in [-0.2, -0.15) is 0 Å². The van der Waals surface area contributed by atoms with Crippen LogP contribution in [0.1, 0.15) is 23.2 Å². The molecule has 18 heavy (non-hydrogen) atoms. The SMILES string of the molecule is Cl.O=C(OCC1C2CCC1NC2)c1ccccc1. The number of piperidine rings is 1. The molecule has 3 unspecified atom stereocenters. The number of rotatable bonds is 3. The Morgan fingerprint density at radius 1 is 1.28 bits per heavy atom. The second kappa shape index (κ2) is 5.72. The molecule has 0 aromatic heterocycles. The number of esters is 1. The predicted octanol–water partition coefficient (Wildman–Crippen LogP) is 2.26. The van der Waals surface area contributed by atoms with E-state index in [1.54, 1.807) is 12.1 Å². The Kier molecular flexibility index (Phi) is 4.25. The molecular weight excluding hydrogens is 250 g/mol. The van der Waals surface area contributed by atoms with Crippen molar-refractivity contribution in [1.29, 1.82) is 0 Å². The van der Waals surface area contributed by atoms with E-state index in [9.17, 15) is 4.79 Å². The lowest BCUT2D eigenvalue weighted by Gasteiger charge is -2.14. The van der Waals surface area contributed by atoms with Gasteiger partial charge in [0.25, 0.3) is 0 Å². The van der Waals surface area contributed by atoms with Crippen molar-refractivity contribution in [2.75, 3.05) is 13.2 Å². The maximum absolute atomic E-state index is 11.8. The fourth-order valence-electron chi connectivity index (χ4n) is 3.04. The van der Waals surface area contributed by atoms with Crippen LogP contribution in [-0.2, 0) is 4.74 Å². The summed E-state index contributed by atoms with van der Waals surface area (Å²) in [6, 6.07) is 9.78. The van der Waals surface area contributed by atoms with E-state index in [0.717, 1.165) is 6.54 Å². The molecule has 0 spiro atoms. The first-order valence-electron chi connectivity index (χ1n) is 6.30. The van der Waals surface area contributed by atoms with Gasteiger partial charge in [0, 0.05) is 12.0 Å². The second-order valence-corrected chi connectivity index (χ2v) is 4.98. The van der Waals surface area contributed by atoms with E-state index in [4.69, 9.17) is 4.74 Å². The van der Waals surface area contributed by atoms with Crippen LogP contribution in [0.2, 0.25) is 0 Å². The molecular formula is C14H18ClNO2. The minimum Gasteiger partial charge on any atom is -0.462 e. The summed E-state index contributed by atoms with van der Waals surface area (Å²) in [6.07, 6.45) is 2.52. The molecule has 0 amide bonds. The molecule has 2 aliphatic rings. The molecule has 3 atom stereocenters. The van der Waals surface area contributed by atoms with Gasteiger partial charge in [-0.15, -0.1) is 12.4 Å². The number of hydrogen-bond donors (Lipinski definition) is 1. The number of fused-ring (bicyclic) bond motifs is 2. The van der Waals surface area contributed by atoms with Crippen LogP contribution >= 0.6 is 12.4 Å². The van der Waals surface area contributed by atoms with Crippen LogP contribution in [0, 0.1) is 11.8 Å². The number of nitrogens with one attached hydrogen (secondary N) is 1. The Morgan fingerprint density at radius 3 is 2.61 bits per heavy atom. The summed E-state index contributed by atoms with van der Waals surface area (Å²) >= 11 is 0. The quantitative estimate of drug-likeness (QED) is 0.854. The van der Waals surface area contributed by atoms with Crippen LogP contribution < -0.4 is 5.32 Å². The standard InChI is InChI=1S/C14H17NO2.ClH/c16-14(10-4-2-1-3-5-10)17-9-12-11-6-7-13(12)15-8-11;/h1-5,11-13,15H,6-9H2;1H. The van der Waals surface area contributed by atoms with Crippen molar-refractivity contribution in [1.82, 2.24) is 5.32 Å². The Morgan fingerprint density at radius 2 is 2.06 bits per heavy atom. The molecule has 3 rings (SSSR count). The maximum atomic E-state index is 11.8. The predicted molar refractivity (Wildman–Crippen MR) is 72.0 cm³/mol. The van der Waals surface area contributed by atoms with Crippen molar-refractivity contribution in [3.63, 3.8) is 0 Å². The van der Waals surface area contributed by atoms with Gasteiger partial charge in [-0.25, -0.2) is 4.79 Å². The van der Waals surface area contributed by atoms with Crippen molar-refractivity contribution >= 4 is 18.4 Å². The Labute approximate surface area is 113 Å². The van der Waals surface area contributed by atoms with Gasteiger partial charge in [0.05, 0.1) is 12.2 Å². The summed E-state index contributed by atoms with van der Waals surface area (Å²) < 4.78 is 5.41. The van der Waals surface area contributed by atoms with E-state index in [-0.39, 0.29) is 18.4 Å². The number of carbonyl (C=O) groups is 1. The molecule has 98 valence electrons. The zero-order valence-corrected chi connectivity index (χ0v) is 11.0. The highest BCUT2D eigenvalue weighted by Gasteiger charge is 2.41. The van der Waals surface area contributed by atoms with Crippen molar-refractivity contribution in [2.24, 2.45) is 11.8 Å². The fraction of sp³-hybridized carbons (Fsp3) is 0.500. The normalized spacial score (nSPS) is 28.8. The van der Waals surface area contributed by atoms with Gasteiger partial charge in [-0.1, -0.05) is 18.2 Å². The molecule has 1 saturated carbocycles. The van der Waals surface area contributed by atoms with Gasteiger partial charge >= 0.3 is 5.97 Å². The summed E-state index contributed by atoms with van der Waals surface area (Å²) in [5.41, 5.74) is 0.644. The lowest BCUT2D eigenvalue weighted by atomic mass is 9.99. The third kappa shape index (κ3) is 2.52. The molecule has 1 aliphatic carbocycles. The molecule has 2 bridgehead atoms. The lowest BCUT2D eigenvalue weighted by molar-refractivity contribution is 0.0422. The summed E-state index contributed by atoms with van der Waals surface area (Å²) in [7, 11) is 0. The monoisotopic (exact) mass is 267 g/mol. The smallest absolute Gasteiger partial charge is 0.338 e. The zero-order valence-electron chi connectivity index (χ0n) is 10.2. The van der Waals surface area contributed by atoms with Crippen LogP contribution in [0.25, 0.3) is 0 Å². The summed E-state index contributed by atoms with van der Waals surface area (Å²) in [5.74, 6) is 1.04. The minimum atomic E-state index is -0.197. The highest BCUT2D eigenvalue weighted by atomic mass is 35.5. The van der Waals surface area contributed by atoms with Crippen LogP contribution in [0.4, 0.5) is 0 Å². The average molecular weight is 268 g/mol. The van der Waals surface area contributed by atoms with Gasteiger partial charge in [0.15, 0.2) is 0 Å². The van der Waals surface area contributed by atoms with Gasteiger partial charge < -0.3 is 10.1 Å². The molecule has 1 aromatic rings. The van der Waals surface area contributed by atoms with Crippen LogP contribution in [0.5, 0.6) is 0 Å². The first-order chi connectivity index (χ1) is 8.34. The molecule has 4 heteroatoms. The Hall–Kier alpha value is -1.06. The average Bonchev–Trinajstić information content (AvgIpc) is 2.96. The third-order valence-electron chi connectivity index (χ3n) is 4.03. The van der Waals surface area contributed by atoms with Crippen LogP contribution in [-0.4, -0.2) is 25.2 Å². The van der Waals surface area contributed by atoms with E-state index < -0.39 is 0 Å². The number of ether oxygens (including phenoxy) is 1. The topological polar surface area (TPSA) is 38.3 Å². The van der Waals surface area contributed by atoms with Gasteiger partial charge in [-0.3, -0.25) is 0 Å². The zero-order chi connectivity index (χ0) is 11.7. The van der Waals surface area contributed by atoms with Crippen molar-refractivity contribution < 1.29 is 9.53 Å². The molecule has 1 N–H and O–H groups in total. The van der Waals surface area contributed by atoms with Gasteiger partial charge in [0.2, 0.25) is 0 Å². The second-order valence-electron chi connectivity index (χ2n) is 4.98. The first-order valence-corrected chi connectivity index (χ1v) is 6.30. The number of hydrogen-bond acceptors (Lipinski definition) is 3. The van der Waals surface area contributed by atoms with Crippen molar-refractivity contribution in [3.8, 4) is 0 Å². The van der Waals surface area contributed by atoms with Crippen LogP contribution in [0.15, 0.2) is 30.3 Å². The molecule has 1 aliphatic heterocycles. The van der Waals surface area contributed by atoms with E-state index >= 15 is 0 Å². The molecule has 1 heterocycles. The fourth-order valence-corrected chi connectivity index (χ4v) is 3.04. The number of carbonyl (C=O) groups excluding carboxylic acids is 1. The lowest BCUT2D eigenvalue weighted by Crippen LogP contribution is -2.28. The van der Waals surface area contributed by atoms with E-state index in [1.807, 2.05) is 18.2 Å². The summed E-state index contributed by atoms with van der Waals surface area (Å²) in [6.45, 7) is 1.66. The van der Waals surface area contributed by atoms with Crippen LogP contribution in [0.3, 0.4) is 0 Å². The Balaban J connectivity index is 0.00000120. The van der Waals surface area contributed by atoms with E-state index in [1.165, 1.54) is 12.8 Å². The van der Waals surface area contributed by atoms with Crippen molar-refractivity contribution in [3.05, 3.63) is 35.9 Å². The first kappa shape index (κ1) is 13.4. The van der Waals surface area contributed by atoms with Gasteiger partial charge in [0.1, 0.15) is 0 Å². The maximum Gasteiger partial charge on any atom is 0.338 e. The minimum absolute atomic E-state index is 0. The van der Waals surface area contributed by atoms with Gasteiger partial charge in [-0.05, 0) is 37.4 Å².